The summed E-state index contributed by atoms with van der Waals surface area (Å²) in [6.07, 6.45) is 2.31. The number of rotatable bonds is 2. The number of halogens is 4. The van der Waals surface area contributed by atoms with E-state index in [2.05, 4.69) is 4.98 Å². The molecule has 0 N–H and O–H groups in total. The Balaban J connectivity index is 2.44. The molecule has 0 aliphatic rings. The van der Waals surface area contributed by atoms with Crippen molar-refractivity contribution in [1.82, 2.24) is 4.98 Å². The average molecular weight is 253 g/mol. The van der Waals surface area contributed by atoms with Gasteiger partial charge in [-0.1, -0.05) is 36.4 Å². The Morgan fingerprint density at radius 1 is 0.778 bits per heavy atom. The molecule has 0 unspecified atom stereocenters. The van der Waals surface area contributed by atoms with E-state index in [4.69, 9.17) is 0 Å². The molecule has 1 nitrogen and oxygen atoms in total. The fraction of sp³-hybridized carbons (Fsp3) is 0. The highest BCUT2D eigenvalue weighted by Crippen LogP contribution is 2.19. The number of nitrogens with zero attached hydrogens (tertiary/aromatic N) is 1. The normalized spacial score (nSPS) is 11.1. The van der Waals surface area contributed by atoms with Crippen LogP contribution in [0.5, 0.6) is 0 Å². The number of pyridine rings is 1. The third kappa shape index (κ3) is 2.40. The highest BCUT2D eigenvalue weighted by atomic mass is 19.2. The van der Waals surface area contributed by atoms with Crippen molar-refractivity contribution in [3.63, 3.8) is 0 Å². The van der Waals surface area contributed by atoms with Crippen molar-refractivity contribution in [2.75, 3.05) is 0 Å². The highest BCUT2D eigenvalue weighted by molar-refractivity contribution is 5.69. The Morgan fingerprint density at radius 2 is 1.33 bits per heavy atom. The van der Waals surface area contributed by atoms with Crippen LogP contribution in [0.4, 0.5) is 17.6 Å². The first-order valence-electron chi connectivity index (χ1n) is 5.02. The summed E-state index contributed by atoms with van der Waals surface area (Å²) < 4.78 is 52.1. The molecular formula is C13H7F4N. The van der Waals surface area contributed by atoms with Crippen LogP contribution >= 0.6 is 0 Å². The molecule has 0 amide bonds. The Bertz CT molecular complexity index is 567. The van der Waals surface area contributed by atoms with Gasteiger partial charge in [0.2, 0.25) is 0 Å². The second-order valence-corrected chi connectivity index (χ2v) is 3.48. The molecule has 0 aliphatic heterocycles. The van der Waals surface area contributed by atoms with Crippen LogP contribution in [-0.4, -0.2) is 4.98 Å². The van der Waals surface area contributed by atoms with Crippen molar-refractivity contribution in [3.8, 4) is 0 Å². The summed E-state index contributed by atoms with van der Waals surface area (Å²) in [5.74, 6) is -6.36. The van der Waals surface area contributed by atoms with Crippen molar-refractivity contribution >= 4 is 12.2 Å². The minimum atomic E-state index is -1.67. The maximum Gasteiger partial charge on any atom is 0.252 e. The fourth-order valence-corrected chi connectivity index (χ4v) is 1.39. The molecule has 0 aliphatic carbocycles. The first-order chi connectivity index (χ1) is 8.59. The van der Waals surface area contributed by atoms with Crippen LogP contribution in [-0.2, 0) is 0 Å². The smallest absolute Gasteiger partial charge is 0.201 e. The molecule has 2 aromatic rings. The second kappa shape index (κ2) is 5.00. The van der Waals surface area contributed by atoms with E-state index in [1.807, 2.05) is 0 Å². The van der Waals surface area contributed by atoms with Gasteiger partial charge in [0.1, 0.15) is 0 Å². The van der Waals surface area contributed by atoms with Crippen molar-refractivity contribution < 1.29 is 17.6 Å². The topological polar surface area (TPSA) is 12.9 Å². The van der Waals surface area contributed by atoms with Gasteiger partial charge in [0.25, 0.3) is 11.9 Å². The van der Waals surface area contributed by atoms with E-state index in [0.29, 0.717) is 5.56 Å². The molecule has 2 rings (SSSR count). The lowest BCUT2D eigenvalue weighted by molar-refractivity contribution is 0.404. The van der Waals surface area contributed by atoms with E-state index in [1.165, 1.54) is 6.08 Å². The lowest BCUT2D eigenvalue weighted by Crippen LogP contribution is -2.02. The summed E-state index contributed by atoms with van der Waals surface area (Å²) >= 11 is 0. The molecule has 5 heteroatoms. The van der Waals surface area contributed by atoms with Crippen LogP contribution in [0.1, 0.15) is 11.1 Å². The maximum absolute atomic E-state index is 13.2. The van der Waals surface area contributed by atoms with Crippen LogP contribution < -0.4 is 0 Å². The lowest BCUT2D eigenvalue weighted by atomic mass is 10.1. The third-order valence-electron chi connectivity index (χ3n) is 2.27. The van der Waals surface area contributed by atoms with E-state index in [1.54, 1.807) is 30.3 Å². The molecule has 0 bridgehead atoms. The monoisotopic (exact) mass is 253 g/mol. The highest BCUT2D eigenvalue weighted by Gasteiger charge is 2.18. The van der Waals surface area contributed by atoms with Crippen LogP contribution in [0.25, 0.3) is 12.2 Å². The molecule has 0 saturated carbocycles. The molecule has 0 atom stereocenters. The third-order valence-corrected chi connectivity index (χ3v) is 2.27. The van der Waals surface area contributed by atoms with E-state index in [-0.39, 0.29) is 0 Å². The van der Waals surface area contributed by atoms with Crippen LogP contribution in [0.15, 0.2) is 30.3 Å². The number of benzene rings is 1. The van der Waals surface area contributed by atoms with E-state index < -0.39 is 29.1 Å². The van der Waals surface area contributed by atoms with Crippen LogP contribution in [0, 0.1) is 23.5 Å². The number of hydrogen-bond acceptors (Lipinski definition) is 1. The molecular weight excluding hydrogens is 246 g/mol. The average Bonchev–Trinajstić information content (AvgIpc) is 2.38. The Labute approximate surface area is 100 Å². The standard InChI is InChI=1S/C13H7F4N/c14-10-9(11(15)13(17)18-12(10)16)7-6-8-4-2-1-3-5-8/h1-7H/b7-6+. The van der Waals surface area contributed by atoms with Gasteiger partial charge in [-0.25, -0.2) is 8.78 Å². The van der Waals surface area contributed by atoms with Crippen molar-refractivity contribution in [2.24, 2.45) is 0 Å². The van der Waals surface area contributed by atoms with E-state index >= 15 is 0 Å². The van der Waals surface area contributed by atoms with E-state index in [9.17, 15) is 17.6 Å². The SMILES string of the molecule is Fc1nc(F)c(F)c(/C=C/c2ccccc2)c1F. The van der Waals surface area contributed by atoms with Gasteiger partial charge in [0.05, 0.1) is 5.56 Å². The molecule has 0 spiro atoms. The van der Waals surface area contributed by atoms with Gasteiger partial charge in [0.15, 0.2) is 11.6 Å². The molecule has 18 heavy (non-hydrogen) atoms. The summed E-state index contributed by atoms with van der Waals surface area (Å²) in [6, 6.07) is 8.57. The van der Waals surface area contributed by atoms with Gasteiger partial charge < -0.3 is 0 Å². The minimum Gasteiger partial charge on any atom is -0.201 e. The Kier molecular flexibility index (Phi) is 3.41. The molecule has 1 aromatic heterocycles. The van der Waals surface area contributed by atoms with Gasteiger partial charge >= 0.3 is 0 Å². The predicted octanol–water partition coefficient (Wildman–Crippen LogP) is 3.81. The van der Waals surface area contributed by atoms with Crippen molar-refractivity contribution in [3.05, 3.63) is 65.0 Å². The molecule has 1 aromatic carbocycles. The van der Waals surface area contributed by atoms with Gasteiger partial charge in [-0.2, -0.15) is 13.8 Å². The lowest BCUT2D eigenvalue weighted by Gasteiger charge is -2.01. The van der Waals surface area contributed by atoms with Crippen LogP contribution in [0.2, 0.25) is 0 Å². The van der Waals surface area contributed by atoms with Gasteiger partial charge in [-0.3, -0.25) is 0 Å². The summed E-state index contributed by atoms with van der Waals surface area (Å²) in [5.41, 5.74) is -0.141. The molecule has 0 saturated heterocycles. The van der Waals surface area contributed by atoms with Gasteiger partial charge in [-0.05, 0) is 11.6 Å². The summed E-state index contributed by atoms with van der Waals surface area (Å²) in [4.78, 5) is 2.47. The fourth-order valence-electron chi connectivity index (χ4n) is 1.39. The largest absolute Gasteiger partial charge is 0.252 e. The van der Waals surface area contributed by atoms with Crippen molar-refractivity contribution in [1.29, 1.82) is 0 Å². The Hall–Kier alpha value is -2.17. The predicted molar refractivity (Wildman–Crippen MR) is 59.4 cm³/mol. The first-order valence-corrected chi connectivity index (χ1v) is 5.02. The quantitative estimate of drug-likeness (QED) is 0.585. The first kappa shape index (κ1) is 12.3. The van der Waals surface area contributed by atoms with E-state index in [0.717, 1.165) is 6.08 Å². The maximum atomic E-state index is 13.2. The summed E-state index contributed by atoms with van der Waals surface area (Å²) in [5, 5.41) is 0. The number of aromatic nitrogens is 1. The Morgan fingerprint density at radius 3 is 1.89 bits per heavy atom. The zero-order valence-electron chi connectivity index (χ0n) is 9.00. The van der Waals surface area contributed by atoms with Gasteiger partial charge in [0, 0.05) is 0 Å². The molecule has 0 radical (unpaired) electrons. The molecule has 0 fully saturated rings. The molecule has 92 valence electrons. The molecule has 1 heterocycles. The van der Waals surface area contributed by atoms with Gasteiger partial charge in [-0.15, -0.1) is 0 Å². The number of hydrogen-bond donors (Lipinski definition) is 0. The summed E-state index contributed by atoms with van der Waals surface area (Å²) in [7, 11) is 0. The second-order valence-electron chi connectivity index (χ2n) is 3.48. The summed E-state index contributed by atoms with van der Waals surface area (Å²) in [6.45, 7) is 0. The minimum absolute atomic E-state index is 0.647. The van der Waals surface area contributed by atoms with Crippen molar-refractivity contribution in [2.45, 2.75) is 0 Å². The zero-order chi connectivity index (χ0) is 13.1. The zero-order valence-corrected chi connectivity index (χ0v) is 9.00. The van der Waals surface area contributed by atoms with Crippen LogP contribution in [0.3, 0.4) is 0 Å².